The molecule has 0 spiro atoms. The van der Waals surface area contributed by atoms with Crippen molar-refractivity contribution in [2.24, 2.45) is 0 Å². The Balaban J connectivity index is 1.80. The summed E-state index contributed by atoms with van der Waals surface area (Å²) in [6.45, 7) is 1.44. The number of amides is 1. The Morgan fingerprint density at radius 3 is 2.70 bits per heavy atom. The molecule has 2 heterocycles. The van der Waals surface area contributed by atoms with Crippen LogP contribution < -0.4 is 0 Å². The third-order valence-corrected chi connectivity index (χ3v) is 4.65. The molecule has 2 atom stereocenters. The molecule has 5 heteroatoms. The second kappa shape index (κ2) is 4.98. The summed E-state index contributed by atoms with van der Waals surface area (Å²) in [7, 11) is 2.13. The van der Waals surface area contributed by atoms with Crippen LogP contribution in [0.5, 0.6) is 11.5 Å². The molecule has 1 amide bonds. The number of aromatic hydroxyl groups is 2. The van der Waals surface area contributed by atoms with Crippen LogP contribution in [0, 0.1) is 0 Å². The molecule has 2 unspecified atom stereocenters. The first-order chi connectivity index (χ1) is 9.56. The van der Waals surface area contributed by atoms with E-state index in [0.29, 0.717) is 18.6 Å². The molecule has 0 radical (unpaired) electrons. The van der Waals surface area contributed by atoms with Gasteiger partial charge < -0.3 is 15.1 Å². The lowest BCUT2D eigenvalue weighted by Gasteiger charge is -2.26. The van der Waals surface area contributed by atoms with Crippen molar-refractivity contribution in [3.8, 4) is 11.5 Å². The van der Waals surface area contributed by atoms with Gasteiger partial charge in [-0.05, 0) is 38.4 Å². The van der Waals surface area contributed by atoms with Crippen molar-refractivity contribution in [2.75, 3.05) is 20.1 Å². The minimum Gasteiger partial charge on any atom is -0.508 e. The Kier molecular flexibility index (Phi) is 3.30. The predicted molar refractivity (Wildman–Crippen MR) is 74.9 cm³/mol. The molecule has 1 aromatic carbocycles. The van der Waals surface area contributed by atoms with E-state index < -0.39 is 0 Å². The molecular weight excluding hydrogens is 256 g/mol. The number of likely N-dealkylation sites (tertiary alicyclic amines) is 1. The summed E-state index contributed by atoms with van der Waals surface area (Å²) < 4.78 is 0. The Morgan fingerprint density at radius 2 is 1.95 bits per heavy atom. The third kappa shape index (κ3) is 2.22. The van der Waals surface area contributed by atoms with Crippen molar-refractivity contribution in [1.82, 2.24) is 9.80 Å². The largest absolute Gasteiger partial charge is 0.508 e. The van der Waals surface area contributed by atoms with Gasteiger partial charge in [0.2, 0.25) is 0 Å². The van der Waals surface area contributed by atoms with Crippen LogP contribution in [0.15, 0.2) is 18.2 Å². The summed E-state index contributed by atoms with van der Waals surface area (Å²) >= 11 is 0. The molecule has 2 aliphatic rings. The second-order valence-corrected chi connectivity index (χ2v) is 5.79. The van der Waals surface area contributed by atoms with Crippen LogP contribution >= 0.6 is 0 Å². The van der Waals surface area contributed by atoms with Gasteiger partial charge in [0, 0.05) is 31.2 Å². The fourth-order valence-corrected chi connectivity index (χ4v) is 3.36. The van der Waals surface area contributed by atoms with Crippen molar-refractivity contribution in [1.29, 1.82) is 0 Å². The lowest BCUT2D eigenvalue weighted by Crippen LogP contribution is -2.39. The van der Waals surface area contributed by atoms with Gasteiger partial charge in [0.05, 0.1) is 5.56 Å². The summed E-state index contributed by atoms with van der Waals surface area (Å²) in [4.78, 5) is 16.7. The number of hydrogen-bond acceptors (Lipinski definition) is 4. The van der Waals surface area contributed by atoms with Gasteiger partial charge >= 0.3 is 0 Å². The van der Waals surface area contributed by atoms with Crippen molar-refractivity contribution < 1.29 is 15.0 Å². The van der Waals surface area contributed by atoms with Gasteiger partial charge in [-0.3, -0.25) is 9.69 Å². The molecule has 20 heavy (non-hydrogen) atoms. The summed E-state index contributed by atoms with van der Waals surface area (Å²) in [5, 5.41) is 19.1. The first-order valence-electron chi connectivity index (χ1n) is 7.09. The van der Waals surface area contributed by atoms with Crippen LogP contribution in [-0.2, 0) is 0 Å². The zero-order chi connectivity index (χ0) is 14.3. The maximum Gasteiger partial charge on any atom is 0.257 e. The molecule has 108 valence electrons. The van der Waals surface area contributed by atoms with Gasteiger partial charge in [0.15, 0.2) is 0 Å². The van der Waals surface area contributed by atoms with Gasteiger partial charge in [-0.2, -0.15) is 0 Å². The number of fused-ring (bicyclic) bond motifs is 2. The lowest BCUT2D eigenvalue weighted by molar-refractivity contribution is 0.0737. The van der Waals surface area contributed by atoms with Gasteiger partial charge in [-0.25, -0.2) is 0 Å². The normalized spacial score (nSPS) is 26.6. The van der Waals surface area contributed by atoms with E-state index in [1.807, 2.05) is 4.90 Å². The van der Waals surface area contributed by atoms with Gasteiger partial charge in [0.25, 0.3) is 5.91 Å². The fraction of sp³-hybridized carbons (Fsp3) is 0.533. The highest BCUT2D eigenvalue weighted by atomic mass is 16.3. The van der Waals surface area contributed by atoms with Crippen LogP contribution in [0.1, 0.15) is 29.6 Å². The molecule has 2 bridgehead atoms. The minimum absolute atomic E-state index is 0.0336. The van der Waals surface area contributed by atoms with E-state index in [-0.39, 0.29) is 23.0 Å². The van der Waals surface area contributed by atoms with Gasteiger partial charge in [-0.1, -0.05) is 0 Å². The standard InChI is InChI=1S/C15H20N2O3/c1-16-10-2-3-11(16)9-17(7-6-10)15(20)13-5-4-12(18)8-14(13)19/h4-5,8,10-11,18-19H,2-3,6-7,9H2,1H3. The first kappa shape index (κ1) is 13.2. The molecule has 2 fully saturated rings. The van der Waals surface area contributed by atoms with Gasteiger partial charge in [-0.15, -0.1) is 0 Å². The number of benzene rings is 1. The highest BCUT2D eigenvalue weighted by Gasteiger charge is 2.36. The molecule has 3 rings (SSSR count). The number of hydrogen-bond donors (Lipinski definition) is 2. The molecule has 0 aromatic heterocycles. The van der Waals surface area contributed by atoms with Crippen LogP contribution in [0.25, 0.3) is 0 Å². The average Bonchev–Trinajstić information content (AvgIpc) is 2.62. The molecule has 2 N–H and O–H groups in total. The molecule has 5 nitrogen and oxygen atoms in total. The lowest BCUT2D eigenvalue weighted by atomic mass is 10.1. The average molecular weight is 276 g/mol. The summed E-state index contributed by atoms with van der Waals surface area (Å²) in [5.74, 6) is -0.338. The Bertz CT molecular complexity index is 532. The quantitative estimate of drug-likeness (QED) is 0.814. The molecule has 1 aromatic rings. The molecule has 0 aliphatic carbocycles. The van der Waals surface area contributed by atoms with E-state index in [1.54, 1.807) is 0 Å². The molecule has 2 aliphatic heterocycles. The van der Waals surface area contributed by atoms with E-state index in [2.05, 4.69) is 11.9 Å². The highest BCUT2D eigenvalue weighted by Crippen LogP contribution is 2.30. The zero-order valence-electron chi connectivity index (χ0n) is 11.6. The SMILES string of the molecule is CN1C2CCC1CN(C(=O)c1ccc(O)cc1O)CC2. The topological polar surface area (TPSA) is 64.0 Å². The Labute approximate surface area is 118 Å². The van der Waals surface area contributed by atoms with E-state index in [1.165, 1.54) is 24.6 Å². The van der Waals surface area contributed by atoms with Gasteiger partial charge in [0.1, 0.15) is 11.5 Å². The molecule has 0 saturated carbocycles. The smallest absolute Gasteiger partial charge is 0.257 e. The van der Waals surface area contributed by atoms with Crippen molar-refractivity contribution >= 4 is 5.91 Å². The Morgan fingerprint density at radius 1 is 1.20 bits per heavy atom. The van der Waals surface area contributed by atoms with Crippen molar-refractivity contribution in [2.45, 2.75) is 31.3 Å². The van der Waals surface area contributed by atoms with Crippen LogP contribution in [0.2, 0.25) is 0 Å². The van der Waals surface area contributed by atoms with E-state index in [4.69, 9.17) is 0 Å². The number of phenols is 2. The first-order valence-corrected chi connectivity index (χ1v) is 7.09. The monoisotopic (exact) mass is 276 g/mol. The number of phenolic OH excluding ortho intramolecular Hbond substituents is 2. The van der Waals surface area contributed by atoms with E-state index in [0.717, 1.165) is 19.4 Å². The number of rotatable bonds is 1. The summed E-state index contributed by atoms with van der Waals surface area (Å²) in [5.41, 5.74) is 0.267. The van der Waals surface area contributed by atoms with Crippen molar-refractivity contribution in [3.05, 3.63) is 23.8 Å². The van der Waals surface area contributed by atoms with Crippen molar-refractivity contribution in [3.63, 3.8) is 0 Å². The van der Waals surface area contributed by atoms with E-state index in [9.17, 15) is 15.0 Å². The predicted octanol–water partition coefficient (Wildman–Crippen LogP) is 1.41. The number of nitrogens with zero attached hydrogens (tertiary/aromatic N) is 2. The number of carbonyl (C=O) groups is 1. The maximum absolute atomic E-state index is 12.5. The summed E-state index contributed by atoms with van der Waals surface area (Å²) in [6, 6.07) is 5.13. The number of likely N-dealkylation sites (N-methyl/N-ethyl adjacent to an activating group) is 1. The second-order valence-electron chi connectivity index (χ2n) is 5.79. The minimum atomic E-state index is -0.155. The summed E-state index contributed by atoms with van der Waals surface area (Å²) in [6.07, 6.45) is 3.33. The van der Waals surface area contributed by atoms with Crippen LogP contribution in [0.4, 0.5) is 0 Å². The fourth-order valence-electron chi connectivity index (χ4n) is 3.36. The van der Waals surface area contributed by atoms with Crippen LogP contribution in [0.3, 0.4) is 0 Å². The molecule has 2 saturated heterocycles. The number of carbonyl (C=O) groups excluding carboxylic acids is 1. The maximum atomic E-state index is 12.5. The van der Waals surface area contributed by atoms with Crippen LogP contribution in [-0.4, -0.2) is 58.1 Å². The third-order valence-electron chi connectivity index (χ3n) is 4.65. The molecular formula is C15H20N2O3. The zero-order valence-corrected chi connectivity index (χ0v) is 11.6. The Hall–Kier alpha value is -1.75. The van der Waals surface area contributed by atoms with E-state index >= 15 is 0 Å². The highest BCUT2D eigenvalue weighted by molar-refractivity contribution is 5.97.